The second-order valence-corrected chi connectivity index (χ2v) is 5.33. The number of hydrogen-bond donors (Lipinski definition) is 2. The van der Waals surface area contributed by atoms with E-state index in [0.29, 0.717) is 12.3 Å². The summed E-state index contributed by atoms with van der Waals surface area (Å²) in [4.78, 5) is 0. The molecule has 2 aliphatic carbocycles. The van der Waals surface area contributed by atoms with Gasteiger partial charge in [0.05, 0.1) is 0 Å². The molecule has 0 radical (unpaired) electrons. The Hall–Kier alpha value is -1.02. The molecule has 1 aromatic rings. The van der Waals surface area contributed by atoms with Crippen LogP contribution in [0, 0.1) is 0 Å². The molecule has 2 heteroatoms. The first-order valence-electron chi connectivity index (χ1n) is 6.30. The van der Waals surface area contributed by atoms with Crippen molar-refractivity contribution in [2.75, 3.05) is 6.54 Å². The molecule has 1 saturated carbocycles. The van der Waals surface area contributed by atoms with Crippen LogP contribution in [-0.2, 0) is 18.3 Å². The number of aromatic hydroxyl groups is 1. The molecule has 0 unspecified atom stereocenters. The number of hydrogen-bond acceptors (Lipinski definition) is 2. The first kappa shape index (κ1) is 10.2. The smallest absolute Gasteiger partial charge is 0.119 e. The second-order valence-electron chi connectivity index (χ2n) is 5.33. The van der Waals surface area contributed by atoms with Gasteiger partial charge in [-0.1, -0.05) is 6.07 Å². The van der Waals surface area contributed by atoms with Gasteiger partial charge in [0.15, 0.2) is 0 Å². The molecule has 1 fully saturated rings. The predicted octanol–water partition coefficient (Wildman–Crippen LogP) is 2.26. The van der Waals surface area contributed by atoms with Crippen LogP contribution in [0.1, 0.15) is 42.4 Å². The zero-order valence-corrected chi connectivity index (χ0v) is 9.63. The molecule has 0 spiro atoms. The van der Waals surface area contributed by atoms with E-state index in [4.69, 9.17) is 5.73 Å². The summed E-state index contributed by atoms with van der Waals surface area (Å²) in [6.07, 6.45) is 7.11. The molecule has 2 aliphatic rings. The van der Waals surface area contributed by atoms with Gasteiger partial charge in [0, 0.05) is 17.5 Å². The maximum Gasteiger partial charge on any atom is 0.119 e. The Kier molecular flexibility index (Phi) is 2.21. The normalized spacial score (nSPS) is 21.6. The monoisotopic (exact) mass is 217 g/mol. The minimum absolute atomic E-state index is 0.108. The number of phenolic OH excluding ortho intramolecular Hbond substituents is 1. The lowest BCUT2D eigenvalue weighted by molar-refractivity contribution is 0.456. The van der Waals surface area contributed by atoms with Gasteiger partial charge in [-0.15, -0.1) is 0 Å². The van der Waals surface area contributed by atoms with Crippen LogP contribution in [0.5, 0.6) is 5.75 Å². The molecule has 0 amide bonds. The van der Waals surface area contributed by atoms with Gasteiger partial charge >= 0.3 is 0 Å². The van der Waals surface area contributed by atoms with Crippen molar-refractivity contribution in [2.24, 2.45) is 5.73 Å². The molecule has 0 heterocycles. The van der Waals surface area contributed by atoms with Crippen molar-refractivity contribution in [1.82, 2.24) is 0 Å². The van der Waals surface area contributed by atoms with E-state index in [1.807, 2.05) is 6.07 Å². The summed E-state index contributed by atoms with van der Waals surface area (Å²) in [6.45, 7) is 0.666. The first-order chi connectivity index (χ1) is 7.75. The summed E-state index contributed by atoms with van der Waals surface area (Å²) >= 11 is 0. The molecule has 0 bridgehead atoms. The molecule has 1 aromatic carbocycles. The molecule has 0 atom stereocenters. The lowest BCUT2D eigenvalue weighted by atomic mass is 9.85. The van der Waals surface area contributed by atoms with E-state index < -0.39 is 0 Å². The van der Waals surface area contributed by atoms with Gasteiger partial charge in [-0.3, -0.25) is 0 Å². The fourth-order valence-electron chi connectivity index (χ4n) is 2.93. The Morgan fingerprint density at radius 2 is 1.75 bits per heavy atom. The number of phenols is 1. The van der Waals surface area contributed by atoms with Crippen LogP contribution < -0.4 is 5.73 Å². The third kappa shape index (κ3) is 1.44. The predicted molar refractivity (Wildman–Crippen MR) is 64.7 cm³/mol. The van der Waals surface area contributed by atoms with Crippen LogP contribution >= 0.6 is 0 Å². The van der Waals surface area contributed by atoms with E-state index in [2.05, 4.69) is 6.07 Å². The highest BCUT2D eigenvalue weighted by Gasteiger charge is 2.44. The Balaban J connectivity index is 2.06. The van der Waals surface area contributed by atoms with Gasteiger partial charge in [-0.2, -0.15) is 0 Å². The molecule has 86 valence electrons. The van der Waals surface area contributed by atoms with Gasteiger partial charge in [-0.05, 0) is 55.7 Å². The average molecular weight is 217 g/mol. The van der Waals surface area contributed by atoms with E-state index in [-0.39, 0.29) is 5.41 Å². The molecule has 0 aromatic heterocycles. The van der Waals surface area contributed by atoms with Crippen molar-refractivity contribution in [3.63, 3.8) is 0 Å². The number of fused-ring (bicyclic) bond motifs is 1. The van der Waals surface area contributed by atoms with Crippen molar-refractivity contribution >= 4 is 0 Å². The molecule has 0 aliphatic heterocycles. The van der Waals surface area contributed by atoms with E-state index in [9.17, 15) is 5.11 Å². The summed E-state index contributed by atoms with van der Waals surface area (Å²) < 4.78 is 0. The van der Waals surface area contributed by atoms with E-state index in [1.54, 1.807) is 0 Å². The van der Waals surface area contributed by atoms with Gasteiger partial charge in [0.1, 0.15) is 5.75 Å². The van der Waals surface area contributed by atoms with Crippen LogP contribution in [0.25, 0.3) is 0 Å². The standard InChI is InChI=1S/C14H19NO/c15-9-14(5-6-14)12-7-10-3-1-2-4-11(10)8-13(12)16/h7-8,16H,1-6,9,15H2. The molecular weight excluding hydrogens is 198 g/mol. The van der Waals surface area contributed by atoms with Crippen LogP contribution in [0.4, 0.5) is 0 Å². The zero-order valence-electron chi connectivity index (χ0n) is 9.63. The highest BCUT2D eigenvalue weighted by Crippen LogP contribution is 2.51. The largest absolute Gasteiger partial charge is 0.508 e. The van der Waals surface area contributed by atoms with Crippen LogP contribution in [0.15, 0.2) is 12.1 Å². The SMILES string of the molecule is NCC1(c2cc3c(cc2O)CCCC3)CC1. The zero-order chi connectivity index (χ0) is 11.2. The third-order valence-corrected chi connectivity index (χ3v) is 4.28. The minimum atomic E-state index is 0.108. The molecule has 16 heavy (non-hydrogen) atoms. The minimum Gasteiger partial charge on any atom is -0.508 e. The molecule has 3 N–H and O–H groups in total. The summed E-state index contributed by atoms with van der Waals surface area (Å²) in [5.74, 6) is 0.476. The summed E-state index contributed by atoms with van der Waals surface area (Å²) in [5, 5.41) is 10.1. The van der Waals surface area contributed by atoms with Gasteiger partial charge in [0.25, 0.3) is 0 Å². The molecule has 3 rings (SSSR count). The molecule has 2 nitrogen and oxygen atoms in total. The van der Waals surface area contributed by atoms with Gasteiger partial charge < -0.3 is 10.8 Å². The lowest BCUT2D eigenvalue weighted by Gasteiger charge is -2.21. The number of rotatable bonds is 2. The molecular formula is C14H19NO. The van der Waals surface area contributed by atoms with Crippen molar-refractivity contribution in [3.8, 4) is 5.75 Å². The average Bonchev–Trinajstić information content (AvgIpc) is 3.09. The fourth-order valence-corrected chi connectivity index (χ4v) is 2.93. The van der Waals surface area contributed by atoms with E-state index in [0.717, 1.165) is 24.8 Å². The third-order valence-electron chi connectivity index (χ3n) is 4.28. The van der Waals surface area contributed by atoms with Crippen molar-refractivity contribution in [3.05, 3.63) is 28.8 Å². The first-order valence-corrected chi connectivity index (χ1v) is 6.30. The lowest BCUT2D eigenvalue weighted by Crippen LogP contribution is -2.20. The molecule has 0 saturated heterocycles. The van der Waals surface area contributed by atoms with Crippen LogP contribution in [0.3, 0.4) is 0 Å². The number of benzene rings is 1. The number of aryl methyl sites for hydroxylation is 2. The van der Waals surface area contributed by atoms with Crippen molar-refractivity contribution < 1.29 is 5.11 Å². The summed E-state index contributed by atoms with van der Waals surface area (Å²) in [5.41, 5.74) is 9.84. The quantitative estimate of drug-likeness (QED) is 0.798. The Bertz CT molecular complexity index is 421. The number of nitrogens with two attached hydrogens (primary N) is 1. The van der Waals surface area contributed by atoms with Crippen LogP contribution in [-0.4, -0.2) is 11.7 Å². The summed E-state index contributed by atoms with van der Waals surface area (Å²) in [6, 6.07) is 4.21. The highest BCUT2D eigenvalue weighted by atomic mass is 16.3. The van der Waals surface area contributed by atoms with E-state index in [1.165, 1.54) is 30.4 Å². The Labute approximate surface area is 96.5 Å². The Morgan fingerprint density at radius 3 is 2.31 bits per heavy atom. The van der Waals surface area contributed by atoms with Gasteiger partial charge in [-0.25, -0.2) is 0 Å². The maximum atomic E-state index is 10.1. The van der Waals surface area contributed by atoms with E-state index >= 15 is 0 Å². The van der Waals surface area contributed by atoms with Crippen molar-refractivity contribution in [1.29, 1.82) is 0 Å². The topological polar surface area (TPSA) is 46.2 Å². The van der Waals surface area contributed by atoms with Gasteiger partial charge in [0.2, 0.25) is 0 Å². The maximum absolute atomic E-state index is 10.1. The Morgan fingerprint density at radius 1 is 1.12 bits per heavy atom. The summed E-state index contributed by atoms with van der Waals surface area (Å²) in [7, 11) is 0. The highest BCUT2D eigenvalue weighted by molar-refractivity contribution is 5.49. The second kappa shape index (κ2) is 3.49. The fraction of sp³-hybridized carbons (Fsp3) is 0.571. The van der Waals surface area contributed by atoms with Crippen molar-refractivity contribution in [2.45, 2.75) is 43.9 Å². The van der Waals surface area contributed by atoms with Crippen LogP contribution in [0.2, 0.25) is 0 Å².